The lowest BCUT2D eigenvalue weighted by Crippen LogP contribution is -2.41. The molecule has 1 fully saturated rings. The van der Waals surface area contributed by atoms with Crippen LogP contribution >= 0.6 is 23.2 Å². The summed E-state index contributed by atoms with van der Waals surface area (Å²) in [5.41, 5.74) is 25.9. The number of rotatable bonds is 6. The molecule has 0 atom stereocenters. The SMILES string of the molecule is Cc1noc(C)c1-c1nc(N)c2ncn(Cc3ccccc3)c2n1.Cc1noc(C)c1B1OC(C)(C)C(C)(C)O1.Nc1nc(Cl)nc2c1ncn2Cc1ccccc1.Nc1nc(Cl)nc2nc[nH]c12. The molecule has 21 nitrogen and oxygen atoms in total. The Morgan fingerprint density at radius 3 is 1.65 bits per heavy atom. The monoisotopic (exact) mass is 971 g/mol. The van der Waals surface area contributed by atoms with Crippen molar-refractivity contribution in [1.82, 2.24) is 69.3 Å². The van der Waals surface area contributed by atoms with Crippen LogP contribution in [0.4, 0.5) is 17.5 Å². The molecule has 0 aliphatic carbocycles. The first kappa shape index (κ1) is 47.9. The molecular weight excluding hydrogens is 924 g/mol. The molecule has 69 heavy (non-hydrogen) atoms. The van der Waals surface area contributed by atoms with Crippen molar-refractivity contribution < 1.29 is 18.4 Å². The average molecular weight is 973 g/mol. The fourth-order valence-electron chi connectivity index (χ4n) is 7.23. The minimum absolute atomic E-state index is 0.113. The highest BCUT2D eigenvalue weighted by Crippen LogP contribution is 2.37. The number of nitrogen functional groups attached to an aromatic ring is 3. The highest BCUT2D eigenvalue weighted by Gasteiger charge is 2.53. The number of nitrogens with one attached hydrogen (secondary N) is 1. The Balaban J connectivity index is 0.000000128. The number of hydrogen-bond acceptors (Lipinski definition) is 18. The normalized spacial score (nSPS) is 13.7. The van der Waals surface area contributed by atoms with Crippen molar-refractivity contribution in [2.24, 2.45) is 0 Å². The molecule has 0 radical (unpaired) electrons. The first-order valence-corrected chi connectivity index (χ1v) is 22.2. The Kier molecular flexibility index (Phi) is 13.6. The van der Waals surface area contributed by atoms with E-state index in [2.05, 4.69) is 72.3 Å². The highest BCUT2D eigenvalue weighted by atomic mass is 35.5. The molecule has 8 aromatic heterocycles. The van der Waals surface area contributed by atoms with Crippen LogP contribution in [0.15, 0.2) is 88.7 Å². The summed E-state index contributed by atoms with van der Waals surface area (Å²) in [4.78, 5) is 39.9. The smallest absolute Gasteiger partial charge is 0.399 e. The van der Waals surface area contributed by atoms with Crippen molar-refractivity contribution in [2.75, 3.05) is 17.2 Å². The molecule has 0 spiro atoms. The van der Waals surface area contributed by atoms with Crippen LogP contribution < -0.4 is 22.7 Å². The van der Waals surface area contributed by atoms with E-state index in [4.69, 9.17) is 58.8 Å². The lowest BCUT2D eigenvalue weighted by atomic mass is 9.77. The van der Waals surface area contributed by atoms with Gasteiger partial charge in [-0.1, -0.05) is 71.0 Å². The summed E-state index contributed by atoms with van der Waals surface area (Å²) in [7, 11) is -0.378. The molecule has 7 N–H and O–H groups in total. The summed E-state index contributed by atoms with van der Waals surface area (Å²) in [6.45, 7) is 16.9. The Bertz CT molecular complexity index is 3340. The zero-order chi connectivity index (χ0) is 49.2. The van der Waals surface area contributed by atoms with Gasteiger partial charge >= 0.3 is 7.12 Å². The molecule has 24 heteroatoms. The topological polar surface area (TPSA) is 290 Å². The number of halogens is 2. The van der Waals surface area contributed by atoms with Gasteiger partial charge in [0.05, 0.1) is 60.2 Å². The summed E-state index contributed by atoms with van der Waals surface area (Å²) in [6.07, 6.45) is 4.92. The molecule has 0 unspecified atom stereocenters. The predicted octanol–water partition coefficient (Wildman–Crippen LogP) is 7.02. The maximum atomic E-state index is 6.09. The number of aromatic amines is 1. The molecule has 1 aliphatic rings. The Labute approximate surface area is 405 Å². The third-order valence-electron chi connectivity index (χ3n) is 11.5. The van der Waals surface area contributed by atoms with Crippen LogP contribution in [0.3, 0.4) is 0 Å². The summed E-state index contributed by atoms with van der Waals surface area (Å²) in [6, 6.07) is 20.2. The molecule has 9 heterocycles. The average Bonchev–Trinajstić information content (AvgIpc) is 4.17. The lowest BCUT2D eigenvalue weighted by molar-refractivity contribution is 0.00578. The van der Waals surface area contributed by atoms with Gasteiger partial charge in [0.25, 0.3) is 0 Å². The van der Waals surface area contributed by atoms with Crippen LogP contribution in [0.2, 0.25) is 10.6 Å². The van der Waals surface area contributed by atoms with Crippen molar-refractivity contribution in [2.45, 2.75) is 79.7 Å². The van der Waals surface area contributed by atoms with Gasteiger partial charge < -0.3 is 49.7 Å². The Morgan fingerprint density at radius 2 is 1.12 bits per heavy atom. The second kappa shape index (κ2) is 19.6. The highest BCUT2D eigenvalue weighted by molar-refractivity contribution is 6.63. The molecule has 0 bridgehead atoms. The Morgan fingerprint density at radius 1 is 0.609 bits per heavy atom. The van der Waals surface area contributed by atoms with E-state index in [0.29, 0.717) is 75.6 Å². The Hall–Kier alpha value is -7.53. The summed E-state index contributed by atoms with van der Waals surface area (Å²) in [5, 5.41) is 8.13. The molecule has 1 aliphatic heterocycles. The maximum Gasteiger partial charge on any atom is 0.500 e. The van der Waals surface area contributed by atoms with Crippen LogP contribution in [0.25, 0.3) is 44.9 Å². The molecular formula is C45H48BCl2N17O4. The molecule has 1 saturated heterocycles. The van der Waals surface area contributed by atoms with E-state index < -0.39 is 0 Å². The van der Waals surface area contributed by atoms with Gasteiger partial charge in [0.1, 0.15) is 28.1 Å². The minimum atomic E-state index is -0.378. The fourth-order valence-corrected chi connectivity index (χ4v) is 7.57. The molecule has 0 amide bonds. The van der Waals surface area contributed by atoms with E-state index in [1.165, 1.54) is 6.33 Å². The third kappa shape index (κ3) is 10.3. The first-order valence-electron chi connectivity index (χ1n) is 21.4. The second-order valence-electron chi connectivity index (χ2n) is 16.9. The van der Waals surface area contributed by atoms with Crippen molar-refractivity contribution in [3.8, 4) is 11.4 Å². The van der Waals surface area contributed by atoms with E-state index >= 15 is 0 Å². The third-order valence-corrected chi connectivity index (χ3v) is 11.8. The lowest BCUT2D eigenvalue weighted by Gasteiger charge is -2.32. The number of aryl methyl sites for hydroxylation is 4. The van der Waals surface area contributed by atoms with Gasteiger partial charge in [-0.15, -0.1) is 0 Å². The number of benzene rings is 2. The van der Waals surface area contributed by atoms with Crippen LogP contribution in [-0.2, 0) is 22.4 Å². The zero-order valence-electron chi connectivity index (χ0n) is 38.9. The van der Waals surface area contributed by atoms with Gasteiger partial charge in [-0.25, -0.2) is 24.9 Å². The molecule has 10 aromatic rings. The standard InChI is InChI=1S/C17H16N6O.C12H10ClN5.C11H18BNO3.C5H4ClN5/c1-10-13(11(2)24-22-10)16-20-15(18)14-17(21-16)23(9-19-14)8-12-6-4-3-5-7-12;13-12-16-10(14)9-11(17-12)18(7-15-9)6-8-4-2-1-3-5-8;1-7-9(8(2)14-13-7)12-15-10(3,4)11(5,6)16-12;6-5-10-3(7)2-4(11-5)9-1-8-2/h3-7,9H,8H2,1-2H3,(H2,18,20,21);1-5,7H,6H2,(H2,14,16,17);1-6H3;1H,(H3,7,8,9,10,11). The number of hydrogen-bond donors (Lipinski definition) is 4. The second-order valence-corrected chi connectivity index (χ2v) is 17.6. The van der Waals surface area contributed by atoms with E-state index in [9.17, 15) is 0 Å². The van der Waals surface area contributed by atoms with Crippen LogP contribution in [0, 0.1) is 27.7 Å². The maximum absolute atomic E-state index is 6.09. The van der Waals surface area contributed by atoms with Crippen LogP contribution in [0.1, 0.15) is 61.7 Å². The minimum Gasteiger partial charge on any atom is -0.399 e. The number of aromatic nitrogens is 14. The van der Waals surface area contributed by atoms with Gasteiger partial charge in [-0.3, -0.25) is 0 Å². The van der Waals surface area contributed by atoms with Crippen molar-refractivity contribution >= 4 is 86.7 Å². The quantitative estimate of drug-likeness (QED) is 0.0961. The molecule has 2 aromatic carbocycles. The number of H-pyrrole nitrogens is 1. The van der Waals surface area contributed by atoms with Crippen molar-refractivity contribution in [3.63, 3.8) is 0 Å². The van der Waals surface area contributed by atoms with E-state index in [-0.39, 0.29) is 28.9 Å². The fraction of sp³-hybridized carbons (Fsp3) is 0.267. The van der Waals surface area contributed by atoms with Gasteiger partial charge in [-0.2, -0.15) is 19.9 Å². The predicted molar refractivity (Wildman–Crippen MR) is 263 cm³/mol. The number of nitrogens with zero attached hydrogens (tertiary/aromatic N) is 13. The number of imidazole rings is 3. The van der Waals surface area contributed by atoms with Gasteiger partial charge in [0, 0.05) is 5.46 Å². The van der Waals surface area contributed by atoms with Gasteiger partial charge in [0.2, 0.25) is 10.6 Å². The van der Waals surface area contributed by atoms with Gasteiger partial charge in [-0.05, 0) is 89.7 Å². The van der Waals surface area contributed by atoms with Crippen LogP contribution in [0.5, 0.6) is 0 Å². The summed E-state index contributed by atoms with van der Waals surface area (Å²) < 4.78 is 26.1. The van der Waals surface area contributed by atoms with E-state index in [0.717, 1.165) is 39.3 Å². The number of nitrogens with two attached hydrogens (primary N) is 3. The molecule has 354 valence electrons. The van der Waals surface area contributed by atoms with Crippen LogP contribution in [-0.4, -0.2) is 87.6 Å². The molecule has 0 saturated carbocycles. The summed E-state index contributed by atoms with van der Waals surface area (Å²) in [5.74, 6) is 2.90. The summed E-state index contributed by atoms with van der Waals surface area (Å²) >= 11 is 11.3. The molecule has 11 rings (SSSR count). The van der Waals surface area contributed by atoms with Gasteiger partial charge in [0.15, 0.2) is 40.2 Å². The van der Waals surface area contributed by atoms with E-state index in [1.807, 2.05) is 113 Å². The van der Waals surface area contributed by atoms with E-state index in [1.54, 1.807) is 12.7 Å². The number of anilines is 3. The van der Waals surface area contributed by atoms with Crippen molar-refractivity contribution in [3.05, 3.63) is 124 Å². The largest absolute Gasteiger partial charge is 0.500 e. The number of fused-ring (bicyclic) bond motifs is 3. The first-order chi connectivity index (χ1) is 32.9. The van der Waals surface area contributed by atoms with Crippen molar-refractivity contribution in [1.29, 1.82) is 0 Å². The zero-order valence-corrected chi connectivity index (χ0v) is 40.4.